The molecule has 0 spiro atoms. The van der Waals surface area contributed by atoms with Gasteiger partial charge >= 0.3 is 0 Å². The fourth-order valence-electron chi connectivity index (χ4n) is 1.25. The Labute approximate surface area is 80.4 Å². The molecule has 0 heterocycles. The van der Waals surface area contributed by atoms with Crippen LogP contribution >= 0.6 is 0 Å². The molecule has 0 saturated heterocycles. The van der Waals surface area contributed by atoms with E-state index in [4.69, 9.17) is 6.42 Å². The maximum Gasteiger partial charge on any atom is 0.0601 e. The first-order chi connectivity index (χ1) is 6.36. The highest BCUT2D eigenvalue weighted by molar-refractivity contribution is 5.14. The van der Waals surface area contributed by atoms with Crippen LogP contribution in [0, 0.1) is 12.3 Å². The van der Waals surface area contributed by atoms with Crippen LogP contribution in [0.4, 0.5) is 0 Å². The predicted octanol–water partition coefficient (Wildman–Crippen LogP) is 2.14. The zero-order chi connectivity index (χ0) is 9.52. The van der Waals surface area contributed by atoms with Crippen LogP contribution < -0.4 is 0 Å². The average Bonchev–Trinajstić information content (AvgIpc) is 2.19. The van der Waals surface area contributed by atoms with Gasteiger partial charge in [0.05, 0.1) is 6.54 Å². The second-order valence-electron chi connectivity index (χ2n) is 2.99. The van der Waals surface area contributed by atoms with Crippen molar-refractivity contribution in [3.8, 4) is 12.3 Å². The Hall–Kier alpha value is -1.26. The van der Waals surface area contributed by atoms with Gasteiger partial charge in [0.25, 0.3) is 0 Å². The molecule has 0 saturated carbocycles. The van der Waals surface area contributed by atoms with Gasteiger partial charge in [-0.3, -0.25) is 4.90 Å². The molecule has 0 amide bonds. The minimum atomic E-state index is 0.728. The number of rotatable bonds is 4. The number of terminal acetylenes is 1. The summed E-state index contributed by atoms with van der Waals surface area (Å²) in [6, 6.07) is 10.4. The zero-order valence-electron chi connectivity index (χ0n) is 8.03. The molecule has 0 radical (unpaired) electrons. The molecule has 1 rings (SSSR count). The summed E-state index contributed by atoms with van der Waals surface area (Å²) in [5, 5.41) is 0. The quantitative estimate of drug-likeness (QED) is 0.630. The lowest BCUT2D eigenvalue weighted by molar-refractivity contribution is 0.316. The summed E-state index contributed by atoms with van der Waals surface area (Å²) in [6.45, 7) is 4.80. The molecule has 1 aromatic rings. The first-order valence-corrected chi connectivity index (χ1v) is 4.56. The fraction of sp³-hybridized carbons (Fsp3) is 0.333. The van der Waals surface area contributed by atoms with Crippen molar-refractivity contribution in [3.05, 3.63) is 35.9 Å². The molecular weight excluding hydrogens is 158 g/mol. The van der Waals surface area contributed by atoms with E-state index in [9.17, 15) is 0 Å². The summed E-state index contributed by atoms with van der Waals surface area (Å²) in [4.78, 5) is 2.23. The van der Waals surface area contributed by atoms with Gasteiger partial charge in [-0.05, 0) is 12.1 Å². The van der Waals surface area contributed by atoms with E-state index in [0.29, 0.717) is 0 Å². The molecule has 13 heavy (non-hydrogen) atoms. The Kier molecular flexibility index (Phi) is 4.08. The van der Waals surface area contributed by atoms with Gasteiger partial charge in [0.2, 0.25) is 0 Å². The largest absolute Gasteiger partial charge is 0.288 e. The van der Waals surface area contributed by atoms with Crippen LogP contribution in [0.15, 0.2) is 30.3 Å². The highest BCUT2D eigenvalue weighted by Crippen LogP contribution is 2.02. The maximum atomic E-state index is 5.27. The first-order valence-electron chi connectivity index (χ1n) is 4.56. The standard InChI is InChI=1S/C12H15N/c1-3-10-13(4-2)11-12-8-6-5-7-9-12/h1,5-9H,4,10-11H2,2H3. The number of hydrogen-bond acceptors (Lipinski definition) is 1. The molecule has 1 heteroatoms. The molecule has 0 fully saturated rings. The monoisotopic (exact) mass is 173 g/mol. The van der Waals surface area contributed by atoms with Crippen LogP contribution in [0.5, 0.6) is 0 Å². The third-order valence-electron chi connectivity index (χ3n) is 2.01. The van der Waals surface area contributed by atoms with Crippen molar-refractivity contribution in [1.82, 2.24) is 4.90 Å². The normalized spacial score (nSPS) is 9.92. The smallest absolute Gasteiger partial charge is 0.0601 e. The minimum Gasteiger partial charge on any atom is -0.288 e. The molecule has 1 aromatic carbocycles. The van der Waals surface area contributed by atoms with Crippen molar-refractivity contribution in [1.29, 1.82) is 0 Å². The van der Waals surface area contributed by atoms with Crippen LogP contribution in [0.25, 0.3) is 0 Å². The first kappa shape index (κ1) is 9.83. The van der Waals surface area contributed by atoms with Gasteiger partial charge in [0, 0.05) is 6.54 Å². The summed E-state index contributed by atoms with van der Waals surface area (Å²) in [6.07, 6.45) is 5.27. The van der Waals surface area contributed by atoms with Crippen LogP contribution in [-0.2, 0) is 6.54 Å². The lowest BCUT2D eigenvalue weighted by atomic mass is 10.2. The van der Waals surface area contributed by atoms with Crippen molar-refractivity contribution >= 4 is 0 Å². The molecule has 68 valence electrons. The molecule has 0 aliphatic carbocycles. The van der Waals surface area contributed by atoms with E-state index in [1.807, 2.05) is 6.07 Å². The summed E-state index contributed by atoms with van der Waals surface area (Å²) in [5.74, 6) is 2.66. The number of nitrogens with zero attached hydrogens (tertiary/aromatic N) is 1. The molecule has 0 N–H and O–H groups in total. The van der Waals surface area contributed by atoms with Gasteiger partial charge in [-0.1, -0.05) is 43.2 Å². The van der Waals surface area contributed by atoms with Gasteiger partial charge < -0.3 is 0 Å². The maximum absolute atomic E-state index is 5.27. The average molecular weight is 173 g/mol. The number of hydrogen-bond donors (Lipinski definition) is 0. The van der Waals surface area contributed by atoms with E-state index in [1.54, 1.807) is 0 Å². The molecule has 0 aliphatic heterocycles. The van der Waals surface area contributed by atoms with Gasteiger partial charge in [-0.25, -0.2) is 0 Å². The van der Waals surface area contributed by atoms with Crippen molar-refractivity contribution < 1.29 is 0 Å². The zero-order valence-corrected chi connectivity index (χ0v) is 8.03. The van der Waals surface area contributed by atoms with Crippen molar-refractivity contribution in [2.75, 3.05) is 13.1 Å². The van der Waals surface area contributed by atoms with E-state index >= 15 is 0 Å². The summed E-state index contributed by atoms with van der Waals surface area (Å²) in [5.41, 5.74) is 1.32. The van der Waals surface area contributed by atoms with Crippen molar-refractivity contribution in [2.45, 2.75) is 13.5 Å². The van der Waals surface area contributed by atoms with Crippen LogP contribution in [0.2, 0.25) is 0 Å². The Morgan fingerprint density at radius 3 is 2.54 bits per heavy atom. The Balaban J connectivity index is 2.53. The second kappa shape index (κ2) is 5.40. The predicted molar refractivity (Wildman–Crippen MR) is 56.2 cm³/mol. The van der Waals surface area contributed by atoms with E-state index < -0.39 is 0 Å². The summed E-state index contributed by atoms with van der Waals surface area (Å²) in [7, 11) is 0. The highest BCUT2D eigenvalue weighted by atomic mass is 15.1. The summed E-state index contributed by atoms with van der Waals surface area (Å²) < 4.78 is 0. The van der Waals surface area contributed by atoms with Gasteiger partial charge in [0.1, 0.15) is 0 Å². The van der Waals surface area contributed by atoms with Crippen molar-refractivity contribution in [2.24, 2.45) is 0 Å². The fourth-order valence-corrected chi connectivity index (χ4v) is 1.25. The van der Waals surface area contributed by atoms with E-state index in [0.717, 1.165) is 19.6 Å². The molecular formula is C12H15N. The molecule has 1 nitrogen and oxygen atoms in total. The Morgan fingerprint density at radius 1 is 1.31 bits per heavy atom. The van der Waals surface area contributed by atoms with Gasteiger partial charge in [-0.15, -0.1) is 6.42 Å². The third kappa shape index (κ3) is 3.31. The number of benzene rings is 1. The molecule has 0 unspecified atom stereocenters. The lowest BCUT2D eigenvalue weighted by Gasteiger charge is -2.16. The van der Waals surface area contributed by atoms with Crippen LogP contribution in [0.1, 0.15) is 12.5 Å². The topological polar surface area (TPSA) is 3.24 Å². The summed E-state index contributed by atoms with van der Waals surface area (Å²) >= 11 is 0. The SMILES string of the molecule is C#CCN(CC)Cc1ccccc1. The molecule has 0 aliphatic rings. The Morgan fingerprint density at radius 2 is 2.00 bits per heavy atom. The van der Waals surface area contributed by atoms with Crippen LogP contribution in [-0.4, -0.2) is 18.0 Å². The molecule has 0 atom stereocenters. The van der Waals surface area contributed by atoms with Crippen molar-refractivity contribution in [3.63, 3.8) is 0 Å². The minimum absolute atomic E-state index is 0.728. The molecule has 0 bridgehead atoms. The van der Waals surface area contributed by atoms with Gasteiger partial charge in [0.15, 0.2) is 0 Å². The van der Waals surface area contributed by atoms with E-state index in [2.05, 4.69) is 42.0 Å². The van der Waals surface area contributed by atoms with Gasteiger partial charge in [-0.2, -0.15) is 0 Å². The lowest BCUT2D eigenvalue weighted by Crippen LogP contribution is -2.22. The third-order valence-corrected chi connectivity index (χ3v) is 2.01. The second-order valence-corrected chi connectivity index (χ2v) is 2.99. The van der Waals surface area contributed by atoms with E-state index in [-0.39, 0.29) is 0 Å². The van der Waals surface area contributed by atoms with E-state index in [1.165, 1.54) is 5.56 Å². The molecule has 0 aromatic heterocycles. The van der Waals surface area contributed by atoms with Crippen LogP contribution in [0.3, 0.4) is 0 Å². The highest BCUT2D eigenvalue weighted by Gasteiger charge is 1.99. The Bertz CT molecular complexity index is 271.